The van der Waals surface area contributed by atoms with E-state index in [1.165, 1.54) is 24.5 Å². The van der Waals surface area contributed by atoms with Crippen molar-refractivity contribution in [1.82, 2.24) is 4.72 Å². The molecule has 0 radical (unpaired) electrons. The SMILES string of the molecule is O=C(Nc1cccc(S(=O)(=O)NC2=NCCCCC2)c1)c1ccco1. The zero-order chi connectivity index (χ0) is 17.7. The van der Waals surface area contributed by atoms with Crippen LogP contribution in [0.5, 0.6) is 0 Å². The Morgan fingerprint density at radius 1 is 1.12 bits per heavy atom. The number of rotatable bonds is 4. The van der Waals surface area contributed by atoms with Crippen LogP contribution in [0.4, 0.5) is 5.69 Å². The number of nitrogens with zero attached hydrogens (tertiary/aromatic N) is 1. The lowest BCUT2D eigenvalue weighted by atomic mass is 10.2. The minimum atomic E-state index is -3.74. The van der Waals surface area contributed by atoms with Crippen LogP contribution in [0.1, 0.15) is 36.2 Å². The maximum Gasteiger partial charge on any atom is 0.291 e. The third-order valence-electron chi connectivity index (χ3n) is 3.77. The minimum Gasteiger partial charge on any atom is -0.459 e. The summed E-state index contributed by atoms with van der Waals surface area (Å²) in [5.74, 6) is 0.197. The number of aliphatic imine (C=N–C) groups is 1. The highest BCUT2D eigenvalue weighted by Crippen LogP contribution is 2.17. The third-order valence-corrected chi connectivity index (χ3v) is 5.15. The van der Waals surface area contributed by atoms with Crippen molar-refractivity contribution in [2.75, 3.05) is 11.9 Å². The summed E-state index contributed by atoms with van der Waals surface area (Å²) in [5, 5.41) is 2.62. The molecule has 1 aromatic heterocycles. The molecule has 2 N–H and O–H groups in total. The average Bonchev–Trinajstić information content (AvgIpc) is 3.01. The summed E-state index contributed by atoms with van der Waals surface area (Å²) < 4.78 is 32.7. The quantitative estimate of drug-likeness (QED) is 0.874. The van der Waals surface area contributed by atoms with Crippen LogP contribution in [0.15, 0.2) is 57.0 Å². The molecule has 8 heteroatoms. The van der Waals surface area contributed by atoms with E-state index in [0.29, 0.717) is 24.5 Å². The van der Waals surface area contributed by atoms with Crippen LogP contribution in [-0.4, -0.2) is 26.7 Å². The van der Waals surface area contributed by atoms with Crippen LogP contribution in [0.3, 0.4) is 0 Å². The highest BCUT2D eigenvalue weighted by molar-refractivity contribution is 7.90. The number of amides is 1. The first kappa shape index (κ1) is 17.2. The number of nitrogens with one attached hydrogen (secondary N) is 2. The molecule has 0 saturated heterocycles. The van der Waals surface area contributed by atoms with E-state index in [1.54, 1.807) is 18.2 Å². The van der Waals surface area contributed by atoms with Gasteiger partial charge in [0.25, 0.3) is 15.9 Å². The van der Waals surface area contributed by atoms with Crippen LogP contribution in [0.2, 0.25) is 0 Å². The smallest absolute Gasteiger partial charge is 0.291 e. The largest absolute Gasteiger partial charge is 0.459 e. The molecule has 2 aromatic rings. The number of furan rings is 1. The topological polar surface area (TPSA) is 101 Å². The van der Waals surface area contributed by atoms with Crippen LogP contribution < -0.4 is 10.0 Å². The maximum absolute atomic E-state index is 12.6. The highest BCUT2D eigenvalue weighted by Gasteiger charge is 2.18. The molecule has 7 nitrogen and oxygen atoms in total. The second-order valence-corrected chi connectivity index (χ2v) is 7.39. The normalized spacial score (nSPS) is 15.1. The Balaban J connectivity index is 1.75. The molecule has 0 spiro atoms. The number of anilines is 1. The Kier molecular flexibility index (Phi) is 5.18. The molecule has 1 amide bonds. The van der Waals surface area contributed by atoms with E-state index >= 15 is 0 Å². The summed E-state index contributed by atoms with van der Waals surface area (Å²) in [6.07, 6.45) is 4.95. The molecular formula is C17H19N3O4S. The standard InChI is InChI=1S/C17H19N3O4S/c21-17(15-8-5-11-24-15)19-13-6-4-7-14(12-13)25(22,23)20-16-9-2-1-3-10-18-16/h4-8,11-12H,1-3,9-10H2,(H,18,20)(H,19,21). The van der Waals surface area contributed by atoms with E-state index in [9.17, 15) is 13.2 Å². The molecule has 1 aromatic carbocycles. The Bertz CT molecular complexity index is 873. The molecule has 1 aliphatic heterocycles. The molecule has 132 valence electrons. The number of hydrogen-bond acceptors (Lipinski definition) is 5. The molecule has 0 bridgehead atoms. The molecule has 3 rings (SSSR count). The van der Waals surface area contributed by atoms with Crippen molar-refractivity contribution in [1.29, 1.82) is 0 Å². The second kappa shape index (κ2) is 7.52. The molecule has 0 aliphatic carbocycles. The fourth-order valence-electron chi connectivity index (χ4n) is 2.51. The predicted molar refractivity (Wildman–Crippen MR) is 94.2 cm³/mol. The summed E-state index contributed by atoms with van der Waals surface area (Å²) in [5.41, 5.74) is 0.368. The molecule has 25 heavy (non-hydrogen) atoms. The Labute approximate surface area is 146 Å². The molecule has 0 fully saturated rings. The summed E-state index contributed by atoms with van der Waals surface area (Å²) in [4.78, 5) is 16.4. The van der Waals surface area contributed by atoms with Crippen LogP contribution >= 0.6 is 0 Å². The van der Waals surface area contributed by atoms with Gasteiger partial charge in [0.1, 0.15) is 5.84 Å². The lowest BCUT2D eigenvalue weighted by molar-refractivity contribution is 0.0996. The van der Waals surface area contributed by atoms with Crippen LogP contribution in [0.25, 0.3) is 0 Å². The summed E-state index contributed by atoms with van der Waals surface area (Å²) in [6.45, 7) is 0.636. The lowest BCUT2D eigenvalue weighted by Crippen LogP contribution is -2.30. The minimum absolute atomic E-state index is 0.0664. The van der Waals surface area contributed by atoms with Crippen molar-refractivity contribution in [2.24, 2.45) is 4.99 Å². The number of carbonyl (C=O) groups is 1. The average molecular weight is 361 g/mol. The first-order valence-electron chi connectivity index (χ1n) is 8.06. The number of amidine groups is 1. The van der Waals surface area contributed by atoms with Gasteiger partial charge in [0.15, 0.2) is 5.76 Å². The zero-order valence-corrected chi connectivity index (χ0v) is 14.4. The van der Waals surface area contributed by atoms with E-state index in [0.717, 1.165) is 19.3 Å². The van der Waals surface area contributed by atoms with Gasteiger partial charge in [-0.05, 0) is 43.2 Å². The van der Waals surface area contributed by atoms with E-state index in [2.05, 4.69) is 15.0 Å². The molecule has 0 atom stereocenters. The molecule has 2 heterocycles. The number of sulfonamides is 1. The van der Waals surface area contributed by atoms with Crippen LogP contribution in [0, 0.1) is 0 Å². The van der Waals surface area contributed by atoms with Gasteiger partial charge in [-0.2, -0.15) is 0 Å². The number of hydrogen-bond donors (Lipinski definition) is 2. The van der Waals surface area contributed by atoms with E-state index in [-0.39, 0.29) is 10.7 Å². The summed E-state index contributed by atoms with van der Waals surface area (Å²) in [6, 6.07) is 9.20. The Morgan fingerprint density at radius 3 is 2.80 bits per heavy atom. The van der Waals surface area contributed by atoms with E-state index in [1.807, 2.05) is 0 Å². The van der Waals surface area contributed by atoms with Gasteiger partial charge < -0.3 is 9.73 Å². The van der Waals surface area contributed by atoms with E-state index < -0.39 is 15.9 Å². The molecule has 1 aliphatic rings. The predicted octanol–water partition coefficient (Wildman–Crippen LogP) is 2.78. The van der Waals surface area contributed by atoms with Gasteiger partial charge in [-0.3, -0.25) is 14.5 Å². The molecular weight excluding hydrogens is 342 g/mol. The number of benzene rings is 1. The third kappa shape index (κ3) is 4.48. The number of carbonyl (C=O) groups excluding carboxylic acids is 1. The van der Waals surface area contributed by atoms with Crippen molar-refractivity contribution in [3.05, 3.63) is 48.4 Å². The van der Waals surface area contributed by atoms with Gasteiger partial charge in [-0.1, -0.05) is 12.5 Å². The molecule has 0 unspecified atom stereocenters. The van der Waals surface area contributed by atoms with Crippen molar-refractivity contribution < 1.29 is 17.6 Å². The fourth-order valence-corrected chi connectivity index (χ4v) is 3.65. The van der Waals surface area contributed by atoms with Crippen molar-refractivity contribution in [2.45, 2.75) is 30.6 Å². The van der Waals surface area contributed by atoms with Gasteiger partial charge in [-0.25, -0.2) is 8.42 Å². The maximum atomic E-state index is 12.6. The second-order valence-electron chi connectivity index (χ2n) is 5.70. The summed E-state index contributed by atoms with van der Waals surface area (Å²) in [7, 11) is -3.74. The van der Waals surface area contributed by atoms with Gasteiger partial charge in [-0.15, -0.1) is 0 Å². The zero-order valence-electron chi connectivity index (χ0n) is 13.6. The Hall–Kier alpha value is -2.61. The fraction of sp³-hybridized carbons (Fsp3) is 0.294. The van der Waals surface area contributed by atoms with Gasteiger partial charge >= 0.3 is 0 Å². The summed E-state index contributed by atoms with van der Waals surface area (Å²) >= 11 is 0. The van der Waals surface area contributed by atoms with Crippen molar-refractivity contribution in [3.8, 4) is 0 Å². The monoisotopic (exact) mass is 361 g/mol. The molecule has 0 saturated carbocycles. The first-order valence-corrected chi connectivity index (χ1v) is 9.54. The van der Waals surface area contributed by atoms with Crippen molar-refractivity contribution in [3.63, 3.8) is 0 Å². The van der Waals surface area contributed by atoms with Gasteiger partial charge in [0.05, 0.1) is 11.2 Å². The lowest BCUT2D eigenvalue weighted by Gasteiger charge is -2.11. The Morgan fingerprint density at radius 2 is 2.00 bits per heavy atom. The first-order chi connectivity index (χ1) is 12.0. The van der Waals surface area contributed by atoms with Gasteiger partial charge in [0, 0.05) is 18.7 Å². The van der Waals surface area contributed by atoms with E-state index in [4.69, 9.17) is 4.42 Å². The van der Waals surface area contributed by atoms with Crippen LogP contribution in [-0.2, 0) is 10.0 Å². The van der Waals surface area contributed by atoms with Gasteiger partial charge in [0.2, 0.25) is 0 Å². The highest BCUT2D eigenvalue weighted by atomic mass is 32.2. The van der Waals surface area contributed by atoms with Crippen molar-refractivity contribution >= 4 is 27.5 Å².